The Labute approximate surface area is 66.7 Å². The van der Waals surface area contributed by atoms with Crippen LogP contribution in [0.3, 0.4) is 0 Å². The highest BCUT2D eigenvalue weighted by Gasteiger charge is 2.24. The van der Waals surface area contributed by atoms with Gasteiger partial charge in [-0.1, -0.05) is 6.92 Å². The van der Waals surface area contributed by atoms with E-state index in [1.807, 2.05) is 6.92 Å². The predicted octanol–water partition coefficient (Wildman–Crippen LogP) is 0.941. The minimum Gasteiger partial charge on any atom is -0.353 e. The molecule has 1 amide bonds. The minimum absolute atomic E-state index is 0.0342. The van der Waals surface area contributed by atoms with E-state index in [0.717, 1.165) is 12.8 Å². The van der Waals surface area contributed by atoms with Crippen molar-refractivity contribution in [3.8, 4) is 0 Å². The van der Waals surface area contributed by atoms with E-state index in [0.29, 0.717) is 12.5 Å². The summed E-state index contributed by atoms with van der Waals surface area (Å²) in [6.45, 7) is 1.85. The molecule has 1 saturated carbocycles. The SMILES string of the molecule is C[C@H](CC=N)C(=O)NC1CC1. The Kier molecular flexibility index (Phi) is 2.63. The lowest BCUT2D eigenvalue weighted by Crippen LogP contribution is -2.30. The quantitative estimate of drug-likeness (QED) is 0.582. The Morgan fingerprint density at radius 2 is 2.45 bits per heavy atom. The van der Waals surface area contributed by atoms with Gasteiger partial charge in [0.25, 0.3) is 0 Å². The smallest absolute Gasteiger partial charge is 0.223 e. The molecular formula is C8H14N2O. The van der Waals surface area contributed by atoms with Crippen molar-refractivity contribution < 1.29 is 4.79 Å². The first-order valence-electron chi connectivity index (χ1n) is 4.03. The Bertz CT molecular complexity index is 163. The first kappa shape index (κ1) is 8.24. The highest BCUT2D eigenvalue weighted by atomic mass is 16.1. The van der Waals surface area contributed by atoms with Crippen molar-refractivity contribution in [1.82, 2.24) is 5.32 Å². The molecule has 2 N–H and O–H groups in total. The summed E-state index contributed by atoms with van der Waals surface area (Å²) in [5.41, 5.74) is 0. The fourth-order valence-corrected chi connectivity index (χ4v) is 0.855. The highest BCUT2D eigenvalue weighted by Crippen LogP contribution is 2.19. The zero-order chi connectivity index (χ0) is 8.27. The van der Waals surface area contributed by atoms with E-state index in [4.69, 9.17) is 5.41 Å². The van der Waals surface area contributed by atoms with Crippen LogP contribution in [0, 0.1) is 11.3 Å². The summed E-state index contributed by atoms with van der Waals surface area (Å²) in [6, 6.07) is 0.440. The summed E-state index contributed by atoms with van der Waals surface area (Å²) in [6.07, 6.45) is 4.10. The molecule has 0 bridgehead atoms. The highest BCUT2D eigenvalue weighted by molar-refractivity contribution is 5.81. The van der Waals surface area contributed by atoms with Gasteiger partial charge in [0, 0.05) is 12.0 Å². The third-order valence-electron chi connectivity index (χ3n) is 1.84. The molecule has 1 atom stereocenters. The number of nitrogens with one attached hydrogen (secondary N) is 2. The average molecular weight is 154 g/mol. The van der Waals surface area contributed by atoms with Gasteiger partial charge in [0.05, 0.1) is 0 Å². The summed E-state index contributed by atoms with van der Waals surface area (Å²) in [7, 11) is 0. The largest absolute Gasteiger partial charge is 0.353 e. The van der Waals surface area contributed by atoms with Gasteiger partial charge in [-0.05, 0) is 25.5 Å². The minimum atomic E-state index is -0.0342. The molecule has 0 aliphatic heterocycles. The molecule has 0 saturated heterocycles. The molecule has 0 heterocycles. The Morgan fingerprint density at radius 1 is 1.82 bits per heavy atom. The molecule has 0 aromatic rings. The molecule has 3 heteroatoms. The van der Waals surface area contributed by atoms with Gasteiger partial charge in [0.1, 0.15) is 0 Å². The van der Waals surface area contributed by atoms with Crippen molar-refractivity contribution in [2.45, 2.75) is 32.2 Å². The molecule has 0 aromatic carbocycles. The molecule has 1 fully saturated rings. The predicted molar refractivity (Wildman–Crippen MR) is 43.7 cm³/mol. The van der Waals surface area contributed by atoms with Crippen LogP contribution in [0.1, 0.15) is 26.2 Å². The molecule has 0 aromatic heterocycles. The van der Waals surface area contributed by atoms with Crippen LogP contribution >= 0.6 is 0 Å². The van der Waals surface area contributed by atoms with Gasteiger partial charge in [-0.2, -0.15) is 0 Å². The fraction of sp³-hybridized carbons (Fsp3) is 0.750. The van der Waals surface area contributed by atoms with Crippen molar-refractivity contribution in [3.63, 3.8) is 0 Å². The molecule has 1 rings (SSSR count). The van der Waals surface area contributed by atoms with Gasteiger partial charge in [-0.3, -0.25) is 4.79 Å². The maximum atomic E-state index is 11.2. The van der Waals surface area contributed by atoms with Crippen LogP contribution in [0.2, 0.25) is 0 Å². The van der Waals surface area contributed by atoms with Crippen molar-refractivity contribution in [2.75, 3.05) is 0 Å². The summed E-state index contributed by atoms with van der Waals surface area (Å²) < 4.78 is 0. The monoisotopic (exact) mass is 154 g/mol. The summed E-state index contributed by atoms with van der Waals surface area (Å²) in [4.78, 5) is 11.2. The zero-order valence-corrected chi connectivity index (χ0v) is 6.76. The van der Waals surface area contributed by atoms with Crippen molar-refractivity contribution in [2.24, 2.45) is 5.92 Å². The molecule has 3 nitrogen and oxygen atoms in total. The second kappa shape index (κ2) is 3.51. The van der Waals surface area contributed by atoms with Crippen LogP contribution < -0.4 is 5.32 Å². The molecule has 0 spiro atoms. The average Bonchev–Trinajstić information content (AvgIpc) is 2.72. The number of amides is 1. The van der Waals surface area contributed by atoms with E-state index >= 15 is 0 Å². The van der Waals surface area contributed by atoms with Crippen LogP contribution in [-0.4, -0.2) is 18.2 Å². The number of carbonyl (C=O) groups is 1. The maximum absolute atomic E-state index is 11.2. The van der Waals surface area contributed by atoms with Gasteiger partial charge >= 0.3 is 0 Å². The van der Waals surface area contributed by atoms with E-state index in [1.54, 1.807) is 0 Å². The zero-order valence-electron chi connectivity index (χ0n) is 6.76. The van der Waals surface area contributed by atoms with Gasteiger partial charge in [-0.15, -0.1) is 0 Å². The van der Waals surface area contributed by atoms with Crippen LogP contribution in [0.25, 0.3) is 0 Å². The van der Waals surface area contributed by atoms with E-state index in [9.17, 15) is 4.79 Å². The normalized spacial score (nSPS) is 19.0. The van der Waals surface area contributed by atoms with Crippen LogP contribution in [0.5, 0.6) is 0 Å². The molecule has 62 valence electrons. The fourth-order valence-electron chi connectivity index (χ4n) is 0.855. The molecular weight excluding hydrogens is 140 g/mol. The first-order chi connectivity index (χ1) is 5.24. The maximum Gasteiger partial charge on any atom is 0.223 e. The summed E-state index contributed by atoms with van der Waals surface area (Å²) in [5.74, 6) is 0.0594. The van der Waals surface area contributed by atoms with Crippen LogP contribution in [-0.2, 0) is 4.79 Å². The van der Waals surface area contributed by atoms with E-state index in [-0.39, 0.29) is 11.8 Å². The molecule has 1 aliphatic carbocycles. The van der Waals surface area contributed by atoms with Gasteiger partial charge in [0.15, 0.2) is 0 Å². The second-order valence-electron chi connectivity index (χ2n) is 3.12. The van der Waals surface area contributed by atoms with Crippen LogP contribution in [0.4, 0.5) is 0 Å². The lowest BCUT2D eigenvalue weighted by atomic mass is 10.1. The molecule has 0 radical (unpaired) electrons. The first-order valence-corrected chi connectivity index (χ1v) is 4.03. The Morgan fingerprint density at radius 3 is 2.91 bits per heavy atom. The Hall–Kier alpha value is -0.860. The van der Waals surface area contributed by atoms with Crippen molar-refractivity contribution in [1.29, 1.82) is 5.41 Å². The third-order valence-corrected chi connectivity index (χ3v) is 1.84. The standard InChI is InChI=1S/C8H14N2O/c1-6(4-5-9)8(11)10-7-2-3-7/h5-7,9H,2-4H2,1H3,(H,10,11)/t6-/m1/s1. The molecule has 1 aliphatic rings. The molecule has 11 heavy (non-hydrogen) atoms. The number of rotatable bonds is 4. The van der Waals surface area contributed by atoms with Gasteiger partial charge in [-0.25, -0.2) is 0 Å². The lowest BCUT2D eigenvalue weighted by Gasteiger charge is -2.07. The van der Waals surface area contributed by atoms with E-state index < -0.39 is 0 Å². The molecule has 0 unspecified atom stereocenters. The van der Waals surface area contributed by atoms with Gasteiger partial charge in [0.2, 0.25) is 5.91 Å². The number of hydrogen-bond donors (Lipinski definition) is 2. The number of hydrogen-bond acceptors (Lipinski definition) is 2. The van der Waals surface area contributed by atoms with E-state index in [1.165, 1.54) is 6.21 Å². The third kappa shape index (κ3) is 2.70. The lowest BCUT2D eigenvalue weighted by molar-refractivity contribution is -0.124. The van der Waals surface area contributed by atoms with Gasteiger partial charge < -0.3 is 10.7 Å². The van der Waals surface area contributed by atoms with E-state index in [2.05, 4.69) is 5.32 Å². The second-order valence-corrected chi connectivity index (χ2v) is 3.12. The summed E-state index contributed by atoms with van der Waals surface area (Å²) in [5, 5.41) is 9.72. The number of carbonyl (C=O) groups excluding carboxylic acids is 1. The summed E-state index contributed by atoms with van der Waals surface area (Å²) >= 11 is 0. The van der Waals surface area contributed by atoms with Crippen molar-refractivity contribution >= 4 is 12.1 Å². The van der Waals surface area contributed by atoms with Crippen molar-refractivity contribution in [3.05, 3.63) is 0 Å². The van der Waals surface area contributed by atoms with Crippen LogP contribution in [0.15, 0.2) is 0 Å². The topological polar surface area (TPSA) is 53.0 Å². The Balaban J connectivity index is 2.20.